The molecule has 1 radical (unpaired) electrons. The number of benzene rings is 2. The molecule has 2 aromatic heterocycles. The number of pyridine rings is 1. The van der Waals surface area contributed by atoms with E-state index in [4.69, 9.17) is 5.11 Å². The fourth-order valence-corrected chi connectivity index (χ4v) is 5.57. The molecule has 0 atom stereocenters. The summed E-state index contributed by atoms with van der Waals surface area (Å²) >= 11 is -0.938. The van der Waals surface area contributed by atoms with Gasteiger partial charge >= 0.3 is 207 Å². The molecular weight excluding hydrogens is 551 g/mol. The van der Waals surface area contributed by atoms with Gasteiger partial charge in [-0.25, -0.2) is 0 Å². The van der Waals surface area contributed by atoms with Crippen molar-refractivity contribution in [3.63, 3.8) is 0 Å². The topological polar surface area (TPSA) is 76.0 Å². The molecule has 0 fully saturated rings. The number of aryl methyl sites for hydroxylation is 1. The van der Waals surface area contributed by atoms with Crippen LogP contribution in [0.15, 0.2) is 60.8 Å². The van der Waals surface area contributed by atoms with Gasteiger partial charge in [0, 0.05) is 0 Å². The van der Waals surface area contributed by atoms with Crippen molar-refractivity contribution in [2.24, 2.45) is 0 Å². The third kappa shape index (κ3) is 5.84. The Morgan fingerprint density at radius 1 is 0.917 bits per heavy atom. The van der Waals surface area contributed by atoms with Crippen LogP contribution in [0, 0.1) is 0 Å². The minimum absolute atomic E-state index is 0.0198. The summed E-state index contributed by atoms with van der Waals surface area (Å²) in [4.78, 5) is 23.7. The summed E-state index contributed by atoms with van der Waals surface area (Å²) in [5.41, 5.74) is -1.53. The number of hydrogen-bond acceptors (Lipinski definition) is 4. The summed E-state index contributed by atoms with van der Waals surface area (Å²) in [5, 5.41) is 9.54. The van der Waals surface area contributed by atoms with E-state index in [1.807, 2.05) is 0 Å². The number of rotatable bonds is 6. The number of aromatic nitrogens is 3. The number of carboxylic acid groups (broad SMARTS) is 1. The summed E-state index contributed by atoms with van der Waals surface area (Å²) in [6.45, 7) is 0. The van der Waals surface area contributed by atoms with Crippen molar-refractivity contribution in [1.29, 1.82) is 0 Å². The second-order valence-electron chi connectivity index (χ2n) is 7.64. The Kier molecular flexibility index (Phi) is 7.04. The van der Waals surface area contributed by atoms with Crippen LogP contribution in [0.4, 0.5) is 26.3 Å². The summed E-state index contributed by atoms with van der Waals surface area (Å²) in [5.74, 6) is -0.898. The molecule has 12 heteroatoms. The van der Waals surface area contributed by atoms with E-state index >= 15 is 0 Å². The molecule has 0 spiro atoms. The predicted octanol–water partition coefficient (Wildman–Crippen LogP) is 4.40. The summed E-state index contributed by atoms with van der Waals surface area (Å²) in [6.07, 6.45) is -8.14. The SMILES string of the molecule is O=C(O)CCc1nc([As]c2ccc(C(F)(F)F)cc2)c2ccc(-c3ncccc3C(F)(F)F)cc2n1. The van der Waals surface area contributed by atoms with E-state index in [-0.39, 0.29) is 29.9 Å². The van der Waals surface area contributed by atoms with E-state index in [1.165, 1.54) is 36.5 Å². The Balaban J connectivity index is 1.79. The fraction of sp³-hybridized carbons (Fsp3) is 0.167. The standard InChI is InChI=1S/C24H15AsF6N3O2/c26-23(27,28)14-4-6-15(7-5-14)25-22-16-8-3-13(21-17(24(29,30)31)2-1-11-32-21)12-18(16)33-19(34-22)9-10-20(35)36/h1-8,11-12H,9-10H2,(H,35,36). The first-order valence-electron chi connectivity index (χ1n) is 10.4. The van der Waals surface area contributed by atoms with Crippen LogP contribution >= 0.6 is 0 Å². The van der Waals surface area contributed by atoms with E-state index in [1.54, 1.807) is 6.07 Å². The Bertz CT molecular complexity index is 1420. The maximum absolute atomic E-state index is 13.5. The predicted molar refractivity (Wildman–Crippen MR) is 120 cm³/mol. The fourth-order valence-electron chi connectivity index (χ4n) is 3.43. The van der Waals surface area contributed by atoms with Gasteiger partial charge in [-0.05, 0) is 0 Å². The van der Waals surface area contributed by atoms with E-state index in [9.17, 15) is 31.1 Å². The van der Waals surface area contributed by atoms with Crippen molar-refractivity contribution < 1.29 is 36.2 Å². The molecule has 0 saturated heterocycles. The third-order valence-corrected chi connectivity index (χ3v) is 7.43. The number of aliphatic carboxylic acids is 1. The van der Waals surface area contributed by atoms with Crippen molar-refractivity contribution in [3.8, 4) is 11.3 Å². The first-order valence-corrected chi connectivity index (χ1v) is 12.2. The molecule has 0 bridgehead atoms. The molecule has 1 N–H and O–H groups in total. The average molecular weight is 566 g/mol. The van der Waals surface area contributed by atoms with Gasteiger partial charge in [-0.15, -0.1) is 0 Å². The van der Waals surface area contributed by atoms with Gasteiger partial charge in [-0.3, -0.25) is 0 Å². The Morgan fingerprint density at radius 2 is 1.64 bits per heavy atom. The van der Waals surface area contributed by atoms with Gasteiger partial charge in [0.05, 0.1) is 0 Å². The first kappa shape index (κ1) is 25.6. The molecule has 0 amide bonds. The van der Waals surface area contributed by atoms with Crippen LogP contribution in [0.25, 0.3) is 22.2 Å². The van der Waals surface area contributed by atoms with Crippen LogP contribution in [-0.2, 0) is 23.6 Å². The van der Waals surface area contributed by atoms with Gasteiger partial charge in [0.2, 0.25) is 0 Å². The molecular formula is C24H15AsF6N3O2. The quantitative estimate of drug-likeness (QED) is 0.277. The minimum atomic E-state index is -4.63. The summed E-state index contributed by atoms with van der Waals surface area (Å²) in [7, 11) is 0. The van der Waals surface area contributed by atoms with Crippen molar-refractivity contribution >= 4 is 41.5 Å². The second-order valence-corrected chi connectivity index (χ2v) is 10.1. The van der Waals surface area contributed by atoms with Gasteiger partial charge in [-0.2, -0.15) is 0 Å². The number of carbonyl (C=O) groups is 1. The van der Waals surface area contributed by atoms with E-state index < -0.39 is 45.2 Å². The zero-order chi connectivity index (χ0) is 26.1. The molecule has 185 valence electrons. The Hall–Kier alpha value is -3.46. The second kappa shape index (κ2) is 9.89. The van der Waals surface area contributed by atoms with Crippen LogP contribution in [0.2, 0.25) is 0 Å². The molecule has 0 unspecified atom stereocenters. The Morgan fingerprint density at radius 3 is 2.28 bits per heavy atom. The molecule has 2 heterocycles. The zero-order valence-corrected chi connectivity index (χ0v) is 20.0. The van der Waals surface area contributed by atoms with Crippen molar-refractivity contribution in [3.05, 3.63) is 77.7 Å². The molecule has 2 aromatic carbocycles. The van der Waals surface area contributed by atoms with Crippen molar-refractivity contribution in [2.45, 2.75) is 25.2 Å². The van der Waals surface area contributed by atoms with Crippen LogP contribution < -0.4 is 8.83 Å². The number of fused-ring (bicyclic) bond motifs is 1. The normalized spacial score (nSPS) is 12.5. The van der Waals surface area contributed by atoms with Crippen LogP contribution in [0.3, 0.4) is 0 Å². The van der Waals surface area contributed by atoms with Crippen molar-refractivity contribution in [2.75, 3.05) is 0 Å². The number of hydrogen-bond donors (Lipinski definition) is 1. The summed E-state index contributed by atoms with van der Waals surface area (Å²) < 4.78 is 80.3. The van der Waals surface area contributed by atoms with Gasteiger partial charge in [0.15, 0.2) is 0 Å². The number of nitrogens with zero attached hydrogens (tertiary/aromatic N) is 3. The Labute approximate surface area is 206 Å². The van der Waals surface area contributed by atoms with Gasteiger partial charge in [-0.1, -0.05) is 0 Å². The van der Waals surface area contributed by atoms with Crippen molar-refractivity contribution in [1.82, 2.24) is 15.0 Å². The first-order chi connectivity index (χ1) is 16.9. The molecule has 0 aliphatic carbocycles. The monoisotopic (exact) mass is 566 g/mol. The van der Waals surface area contributed by atoms with E-state index in [0.717, 1.165) is 18.2 Å². The number of halogens is 6. The number of carboxylic acids is 1. The molecule has 4 rings (SSSR count). The van der Waals surface area contributed by atoms with Crippen LogP contribution in [0.5, 0.6) is 0 Å². The van der Waals surface area contributed by atoms with E-state index in [2.05, 4.69) is 15.0 Å². The van der Waals surface area contributed by atoms with Gasteiger partial charge in [0.1, 0.15) is 0 Å². The van der Waals surface area contributed by atoms with Crippen LogP contribution in [0.1, 0.15) is 23.4 Å². The molecule has 4 aromatic rings. The number of alkyl halides is 6. The third-order valence-electron chi connectivity index (χ3n) is 5.10. The van der Waals surface area contributed by atoms with E-state index in [0.29, 0.717) is 19.7 Å². The van der Waals surface area contributed by atoms with Gasteiger partial charge < -0.3 is 0 Å². The van der Waals surface area contributed by atoms with Gasteiger partial charge in [0.25, 0.3) is 0 Å². The molecule has 0 saturated carbocycles. The zero-order valence-electron chi connectivity index (χ0n) is 18.1. The van der Waals surface area contributed by atoms with Crippen LogP contribution in [-0.4, -0.2) is 41.8 Å². The average Bonchev–Trinajstić information content (AvgIpc) is 2.81. The summed E-state index contributed by atoms with van der Waals surface area (Å²) in [6, 6.07) is 11.2. The molecule has 5 nitrogen and oxygen atoms in total. The molecule has 0 aliphatic rings. The molecule has 36 heavy (non-hydrogen) atoms. The maximum atomic E-state index is 13.5. The molecule has 0 aliphatic heterocycles.